The molecule has 2 N–H and O–H groups in total. The van der Waals surface area contributed by atoms with Crippen LogP contribution in [0.15, 0.2) is 4.99 Å². The molecule has 0 saturated carbocycles. The first kappa shape index (κ1) is 18.4. The number of likely N-dealkylation sites (tertiary alicyclic amines) is 1. The maximum atomic E-state index is 12.3. The van der Waals surface area contributed by atoms with Crippen LogP contribution in [0, 0.1) is 0 Å². The van der Waals surface area contributed by atoms with Crippen LogP contribution >= 0.6 is 11.8 Å². The van der Waals surface area contributed by atoms with E-state index in [-0.39, 0.29) is 6.04 Å². The highest BCUT2D eigenvalue weighted by Gasteiger charge is 2.34. The molecular weight excluding hydrogens is 301 g/mol. The van der Waals surface area contributed by atoms with Gasteiger partial charge in [-0.15, -0.1) is 0 Å². The van der Waals surface area contributed by atoms with Crippen LogP contribution in [0.5, 0.6) is 0 Å². The Morgan fingerprint density at radius 3 is 2.76 bits per heavy atom. The molecule has 0 amide bonds. The number of aliphatic imine (C=N–C) groups is 1. The fourth-order valence-electron chi connectivity index (χ4n) is 2.31. The Bertz CT molecular complexity index is 323. The summed E-state index contributed by atoms with van der Waals surface area (Å²) in [5.74, 6) is 1.82. The largest absolute Gasteiger partial charge is 0.401 e. The number of guanidine groups is 1. The predicted octanol–water partition coefficient (Wildman–Crippen LogP) is 1.93. The molecule has 1 saturated heterocycles. The molecule has 1 fully saturated rings. The van der Waals surface area contributed by atoms with Crippen molar-refractivity contribution < 1.29 is 13.2 Å². The van der Waals surface area contributed by atoms with E-state index in [1.807, 2.05) is 11.8 Å². The maximum Gasteiger partial charge on any atom is 0.401 e. The highest BCUT2D eigenvalue weighted by Crippen LogP contribution is 2.19. The number of hydrogen-bond acceptors (Lipinski definition) is 3. The smallest absolute Gasteiger partial charge is 0.356 e. The normalized spacial score (nSPS) is 20.8. The number of alkyl halides is 3. The molecule has 0 spiro atoms. The summed E-state index contributed by atoms with van der Waals surface area (Å²) < 4.78 is 37.0. The number of nitrogens with zero attached hydrogens (tertiary/aromatic N) is 2. The van der Waals surface area contributed by atoms with Crippen LogP contribution in [-0.4, -0.2) is 68.3 Å². The van der Waals surface area contributed by atoms with Gasteiger partial charge in [0.25, 0.3) is 0 Å². The molecule has 1 unspecified atom stereocenters. The van der Waals surface area contributed by atoms with Crippen LogP contribution in [0.1, 0.15) is 19.3 Å². The van der Waals surface area contributed by atoms with E-state index < -0.39 is 12.7 Å². The van der Waals surface area contributed by atoms with Gasteiger partial charge in [-0.1, -0.05) is 0 Å². The van der Waals surface area contributed by atoms with E-state index in [4.69, 9.17) is 0 Å². The lowest BCUT2D eigenvalue weighted by Gasteiger charge is -2.19. The van der Waals surface area contributed by atoms with E-state index in [2.05, 4.69) is 21.9 Å². The minimum Gasteiger partial charge on any atom is -0.356 e. The molecule has 1 rings (SSSR count). The Kier molecular flexibility index (Phi) is 8.24. The highest BCUT2D eigenvalue weighted by atomic mass is 32.2. The molecule has 1 aliphatic rings. The molecule has 124 valence electrons. The van der Waals surface area contributed by atoms with Crippen LogP contribution in [0.3, 0.4) is 0 Å². The number of nitrogens with one attached hydrogen (secondary N) is 2. The third-order valence-electron chi connectivity index (χ3n) is 3.31. The summed E-state index contributed by atoms with van der Waals surface area (Å²) in [5, 5.41) is 6.40. The molecule has 1 atom stereocenters. The minimum absolute atomic E-state index is 0.0322. The molecule has 1 heterocycles. The van der Waals surface area contributed by atoms with Gasteiger partial charge in [0.1, 0.15) is 0 Å². The van der Waals surface area contributed by atoms with E-state index in [1.165, 1.54) is 4.90 Å². The topological polar surface area (TPSA) is 39.7 Å². The molecule has 8 heteroatoms. The van der Waals surface area contributed by atoms with E-state index in [0.29, 0.717) is 25.5 Å². The van der Waals surface area contributed by atoms with Crippen LogP contribution in [0.2, 0.25) is 0 Å². The Hall–Kier alpha value is -0.630. The molecule has 1 aliphatic heterocycles. The van der Waals surface area contributed by atoms with E-state index in [0.717, 1.165) is 25.1 Å². The number of unbranched alkanes of at least 4 members (excludes halogenated alkanes) is 1. The third kappa shape index (κ3) is 8.40. The van der Waals surface area contributed by atoms with Crippen molar-refractivity contribution in [3.63, 3.8) is 0 Å². The number of thioether (sulfide) groups is 1. The molecule has 0 aliphatic carbocycles. The lowest BCUT2D eigenvalue weighted by Crippen LogP contribution is -2.45. The fraction of sp³-hybridized carbons (Fsp3) is 0.923. The van der Waals surface area contributed by atoms with Crippen LogP contribution in [-0.2, 0) is 0 Å². The van der Waals surface area contributed by atoms with Gasteiger partial charge < -0.3 is 10.6 Å². The van der Waals surface area contributed by atoms with Crippen molar-refractivity contribution in [3.8, 4) is 0 Å². The minimum atomic E-state index is -4.12. The summed E-state index contributed by atoms with van der Waals surface area (Å²) in [6.45, 7) is 0.889. The SMILES string of the molecule is CN=C(NCCCCSC)NC1CCN(CC(F)(F)F)C1. The Labute approximate surface area is 128 Å². The first-order valence-electron chi connectivity index (χ1n) is 7.20. The molecule has 0 aromatic carbocycles. The summed E-state index contributed by atoms with van der Waals surface area (Å²) in [4.78, 5) is 5.55. The summed E-state index contributed by atoms with van der Waals surface area (Å²) in [7, 11) is 1.68. The van der Waals surface area contributed by atoms with Crippen molar-refractivity contribution in [2.75, 3.05) is 45.2 Å². The van der Waals surface area contributed by atoms with Crippen LogP contribution in [0.25, 0.3) is 0 Å². The summed E-state index contributed by atoms with van der Waals surface area (Å²) in [5.41, 5.74) is 0. The number of rotatable bonds is 7. The van der Waals surface area contributed by atoms with Crippen molar-refractivity contribution in [2.45, 2.75) is 31.5 Å². The van der Waals surface area contributed by atoms with Crippen molar-refractivity contribution in [2.24, 2.45) is 4.99 Å². The molecule has 0 bridgehead atoms. The van der Waals surface area contributed by atoms with Gasteiger partial charge in [-0.25, -0.2) is 0 Å². The average molecular weight is 326 g/mol. The number of hydrogen-bond donors (Lipinski definition) is 2. The standard InChI is InChI=1S/C13H25F3N4S/c1-17-12(18-6-3-4-8-21-2)19-11-5-7-20(9-11)10-13(14,15)16/h11H,3-10H2,1-2H3,(H2,17,18,19). The maximum absolute atomic E-state index is 12.3. The van der Waals surface area contributed by atoms with Gasteiger partial charge in [0, 0.05) is 32.7 Å². The van der Waals surface area contributed by atoms with E-state index in [9.17, 15) is 13.2 Å². The summed E-state index contributed by atoms with van der Waals surface area (Å²) in [6.07, 6.45) is 0.885. The Morgan fingerprint density at radius 2 is 2.14 bits per heavy atom. The monoisotopic (exact) mass is 326 g/mol. The Morgan fingerprint density at radius 1 is 1.38 bits per heavy atom. The first-order chi connectivity index (χ1) is 9.94. The molecule has 4 nitrogen and oxygen atoms in total. The molecule has 0 aromatic heterocycles. The van der Waals surface area contributed by atoms with Gasteiger partial charge in [-0.3, -0.25) is 9.89 Å². The second-order valence-electron chi connectivity index (χ2n) is 5.18. The average Bonchev–Trinajstić information content (AvgIpc) is 2.82. The molecule has 0 radical (unpaired) electrons. The van der Waals surface area contributed by atoms with Crippen molar-refractivity contribution >= 4 is 17.7 Å². The number of halogens is 3. The molecular formula is C13H25F3N4S. The third-order valence-corrected chi connectivity index (χ3v) is 4.00. The van der Waals surface area contributed by atoms with Gasteiger partial charge in [0.05, 0.1) is 6.54 Å². The fourth-order valence-corrected chi connectivity index (χ4v) is 2.81. The van der Waals surface area contributed by atoms with Crippen LogP contribution < -0.4 is 10.6 Å². The van der Waals surface area contributed by atoms with Crippen molar-refractivity contribution in [1.29, 1.82) is 0 Å². The zero-order valence-electron chi connectivity index (χ0n) is 12.7. The zero-order chi connectivity index (χ0) is 15.7. The van der Waals surface area contributed by atoms with Gasteiger partial charge in [0.2, 0.25) is 0 Å². The van der Waals surface area contributed by atoms with Gasteiger partial charge in [-0.05, 0) is 31.3 Å². The van der Waals surface area contributed by atoms with Gasteiger partial charge in [0.15, 0.2) is 5.96 Å². The van der Waals surface area contributed by atoms with E-state index in [1.54, 1.807) is 7.05 Å². The first-order valence-corrected chi connectivity index (χ1v) is 8.59. The van der Waals surface area contributed by atoms with Crippen molar-refractivity contribution in [1.82, 2.24) is 15.5 Å². The highest BCUT2D eigenvalue weighted by molar-refractivity contribution is 7.98. The zero-order valence-corrected chi connectivity index (χ0v) is 13.5. The van der Waals surface area contributed by atoms with E-state index >= 15 is 0 Å². The summed E-state index contributed by atoms with van der Waals surface area (Å²) >= 11 is 1.83. The van der Waals surface area contributed by atoms with Crippen molar-refractivity contribution in [3.05, 3.63) is 0 Å². The molecule has 21 heavy (non-hydrogen) atoms. The lowest BCUT2D eigenvalue weighted by molar-refractivity contribution is -0.143. The molecule has 0 aromatic rings. The van der Waals surface area contributed by atoms with Gasteiger partial charge in [-0.2, -0.15) is 24.9 Å². The second kappa shape index (κ2) is 9.40. The van der Waals surface area contributed by atoms with Gasteiger partial charge >= 0.3 is 6.18 Å². The lowest BCUT2D eigenvalue weighted by atomic mass is 10.3. The predicted molar refractivity (Wildman–Crippen MR) is 83.0 cm³/mol. The quantitative estimate of drug-likeness (QED) is 0.426. The second-order valence-corrected chi connectivity index (χ2v) is 6.16. The van der Waals surface area contributed by atoms with Crippen LogP contribution in [0.4, 0.5) is 13.2 Å². The summed E-state index contributed by atoms with van der Waals surface area (Å²) in [6, 6.07) is 0.0322. The Balaban J connectivity index is 2.22.